The zero-order valence-electron chi connectivity index (χ0n) is 14.4. The van der Waals surface area contributed by atoms with Crippen molar-refractivity contribution in [2.75, 3.05) is 11.1 Å². The molecule has 0 aliphatic carbocycles. The van der Waals surface area contributed by atoms with E-state index in [9.17, 15) is 13.8 Å². The highest BCUT2D eigenvalue weighted by Crippen LogP contribution is 2.16. The monoisotopic (exact) mass is 370 g/mol. The Kier molecular flexibility index (Phi) is 6.64. The first kappa shape index (κ1) is 19.3. The number of nitrogens with one attached hydrogen (secondary N) is 1. The highest BCUT2D eigenvalue weighted by atomic mass is 32.2. The molecule has 26 heavy (non-hydrogen) atoms. The Labute approximate surface area is 154 Å². The van der Waals surface area contributed by atoms with Gasteiger partial charge in [-0.1, -0.05) is 19.1 Å². The molecule has 0 heterocycles. The van der Waals surface area contributed by atoms with E-state index in [-0.39, 0.29) is 5.56 Å². The van der Waals surface area contributed by atoms with Crippen LogP contribution in [0.5, 0.6) is 0 Å². The maximum Gasteiger partial charge on any atom is 0.340 e. The summed E-state index contributed by atoms with van der Waals surface area (Å²) in [6, 6.07) is 14.8. The SMILES string of the molecule is CC[S@@](=O)c1ccccc1C(=O)O[C@@H](C)C(=O)Nc1ccc(C#N)cc1. The van der Waals surface area contributed by atoms with Crippen LogP contribution in [-0.4, -0.2) is 27.9 Å². The quantitative estimate of drug-likeness (QED) is 0.789. The Hall–Kier alpha value is -2.98. The predicted octanol–water partition coefficient (Wildman–Crippen LogP) is 2.87. The van der Waals surface area contributed by atoms with Crippen molar-refractivity contribution in [2.24, 2.45) is 0 Å². The van der Waals surface area contributed by atoms with Crippen LogP contribution in [-0.2, 0) is 20.3 Å². The van der Waals surface area contributed by atoms with Crippen molar-refractivity contribution in [3.63, 3.8) is 0 Å². The fourth-order valence-electron chi connectivity index (χ4n) is 2.14. The Morgan fingerprint density at radius 2 is 1.85 bits per heavy atom. The molecule has 0 bridgehead atoms. The van der Waals surface area contributed by atoms with Gasteiger partial charge in [0.2, 0.25) is 0 Å². The van der Waals surface area contributed by atoms with Gasteiger partial charge in [0, 0.05) is 11.4 Å². The van der Waals surface area contributed by atoms with Crippen molar-refractivity contribution < 1.29 is 18.5 Å². The number of rotatable bonds is 6. The first-order valence-corrected chi connectivity index (χ1v) is 9.27. The van der Waals surface area contributed by atoms with Crippen LogP contribution in [0.3, 0.4) is 0 Å². The molecule has 0 aromatic heterocycles. The molecule has 2 rings (SSSR count). The van der Waals surface area contributed by atoms with E-state index in [1.165, 1.54) is 13.0 Å². The van der Waals surface area contributed by atoms with Crippen molar-refractivity contribution in [1.29, 1.82) is 5.26 Å². The molecule has 7 heteroatoms. The van der Waals surface area contributed by atoms with Gasteiger partial charge in [-0.25, -0.2) is 4.79 Å². The van der Waals surface area contributed by atoms with Crippen LogP contribution in [0.4, 0.5) is 5.69 Å². The van der Waals surface area contributed by atoms with Crippen molar-refractivity contribution in [3.8, 4) is 6.07 Å². The number of nitrogens with zero attached hydrogens (tertiary/aromatic N) is 1. The molecule has 2 aromatic rings. The van der Waals surface area contributed by atoms with E-state index in [1.807, 2.05) is 6.07 Å². The molecule has 2 atom stereocenters. The van der Waals surface area contributed by atoms with Gasteiger partial charge in [0.1, 0.15) is 0 Å². The predicted molar refractivity (Wildman–Crippen MR) is 98.1 cm³/mol. The molecule has 0 spiro atoms. The van der Waals surface area contributed by atoms with Crippen LogP contribution in [0.2, 0.25) is 0 Å². The first-order chi connectivity index (χ1) is 12.5. The van der Waals surface area contributed by atoms with Gasteiger partial charge in [0.05, 0.1) is 32.9 Å². The summed E-state index contributed by atoms with van der Waals surface area (Å²) < 4.78 is 17.3. The minimum Gasteiger partial charge on any atom is -0.449 e. The van der Waals surface area contributed by atoms with Gasteiger partial charge in [-0.15, -0.1) is 0 Å². The summed E-state index contributed by atoms with van der Waals surface area (Å²) in [6.07, 6.45) is -1.04. The van der Waals surface area contributed by atoms with Crippen molar-refractivity contribution in [3.05, 3.63) is 59.7 Å². The third kappa shape index (κ3) is 4.77. The number of benzene rings is 2. The number of amides is 1. The van der Waals surface area contributed by atoms with E-state index in [0.29, 0.717) is 21.9 Å². The van der Waals surface area contributed by atoms with E-state index in [1.54, 1.807) is 49.4 Å². The van der Waals surface area contributed by atoms with Crippen LogP contribution in [0.15, 0.2) is 53.4 Å². The lowest BCUT2D eigenvalue weighted by atomic mass is 10.2. The van der Waals surface area contributed by atoms with Crippen molar-refractivity contribution >= 4 is 28.4 Å². The normalized spacial score (nSPS) is 12.5. The zero-order chi connectivity index (χ0) is 19.1. The summed E-state index contributed by atoms with van der Waals surface area (Å²) >= 11 is 0. The molecule has 0 saturated heterocycles. The van der Waals surface area contributed by atoms with Gasteiger partial charge in [-0.2, -0.15) is 5.26 Å². The average Bonchev–Trinajstić information content (AvgIpc) is 2.67. The first-order valence-electron chi connectivity index (χ1n) is 7.95. The molecule has 0 radical (unpaired) electrons. The maximum absolute atomic E-state index is 12.4. The summed E-state index contributed by atoms with van der Waals surface area (Å²) in [7, 11) is -1.31. The minimum atomic E-state index is -1.31. The van der Waals surface area contributed by atoms with E-state index < -0.39 is 28.8 Å². The number of ether oxygens (including phenoxy) is 1. The Morgan fingerprint density at radius 3 is 2.46 bits per heavy atom. The van der Waals surface area contributed by atoms with E-state index in [4.69, 9.17) is 10.00 Å². The molecular formula is C19H18N2O4S. The molecule has 0 unspecified atom stereocenters. The minimum absolute atomic E-state index is 0.186. The topological polar surface area (TPSA) is 96.3 Å². The van der Waals surface area contributed by atoms with Crippen LogP contribution < -0.4 is 5.32 Å². The highest BCUT2D eigenvalue weighted by Gasteiger charge is 2.22. The molecular weight excluding hydrogens is 352 g/mol. The summed E-state index contributed by atoms with van der Waals surface area (Å²) in [6.45, 7) is 3.21. The van der Waals surface area contributed by atoms with Gasteiger partial charge < -0.3 is 10.1 Å². The standard InChI is InChI=1S/C19H18N2O4S/c1-3-26(24)17-7-5-4-6-16(17)19(23)25-13(2)18(22)21-15-10-8-14(12-20)9-11-15/h4-11,13H,3H2,1-2H3,(H,21,22)/t13-,26+/m0/s1. The molecule has 0 fully saturated rings. The lowest BCUT2D eigenvalue weighted by Gasteiger charge is -2.15. The number of carbonyl (C=O) groups is 2. The molecule has 134 valence electrons. The van der Waals surface area contributed by atoms with Gasteiger partial charge in [-0.05, 0) is 43.3 Å². The molecule has 1 N–H and O–H groups in total. The van der Waals surface area contributed by atoms with Gasteiger partial charge in [-0.3, -0.25) is 9.00 Å². The maximum atomic E-state index is 12.4. The summed E-state index contributed by atoms with van der Waals surface area (Å²) in [5, 5.41) is 11.4. The number of nitriles is 1. The van der Waals surface area contributed by atoms with Crippen molar-refractivity contribution in [1.82, 2.24) is 0 Å². The molecule has 6 nitrogen and oxygen atoms in total. The fraction of sp³-hybridized carbons (Fsp3) is 0.211. The van der Waals surface area contributed by atoms with Gasteiger partial charge in [0.25, 0.3) is 5.91 Å². The Bertz CT molecular complexity index is 872. The van der Waals surface area contributed by atoms with Gasteiger partial charge in [0.15, 0.2) is 6.10 Å². The number of hydrogen-bond donors (Lipinski definition) is 1. The third-order valence-electron chi connectivity index (χ3n) is 3.55. The summed E-state index contributed by atoms with van der Waals surface area (Å²) in [5.74, 6) is -0.832. The fourth-order valence-corrected chi connectivity index (χ4v) is 3.08. The van der Waals surface area contributed by atoms with Crippen LogP contribution in [0, 0.1) is 11.3 Å². The lowest BCUT2D eigenvalue weighted by Crippen LogP contribution is -2.30. The molecule has 2 aromatic carbocycles. The van der Waals surface area contributed by atoms with Crippen LogP contribution in [0.1, 0.15) is 29.8 Å². The number of hydrogen-bond acceptors (Lipinski definition) is 5. The van der Waals surface area contributed by atoms with Crippen LogP contribution >= 0.6 is 0 Å². The number of esters is 1. The van der Waals surface area contributed by atoms with Crippen molar-refractivity contribution in [2.45, 2.75) is 24.8 Å². The number of carbonyl (C=O) groups excluding carboxylic acids is 2. The molecule has 1 amide bonds. The second-order valence-corrected chi connectivity index (χ2v) is 7.06. The van der Waals surface area contributed by atoms with Crippen LogP contribution in [0.25, 0.3) is 0 Å². The highest BCUT2D eigenvalue weighted by molar-refractivity contribution is 7.85. The largest absolute Gasteiger partial charge is 0.449 e. The summed E-state index contributed by atoms with van der Waals surface area (Å²) in [4.78, 5) is 24.9. The van der Waals surface area contributed by atoms with E-state index in [0.717, 1.165) is 0 Å². The van der Waals surface area contributed by atoms with Gasteiger partial charge >= 0.3 is 5.97 Å². The summed E-state index contributed by atoms with van der Waals surface area (Å²) in [5.41, 5.74) is 1.15. The number of anilines is 1. The lowest BCUT2D eigenvalue weighted by molar-refractivity contribution is -0.123. The zero-order valence-corrected chi connectivity index (χ0v) is 15.2. The molecule has 0 aliphatic rings. The Balaban J connectivity index is 2.05. The third-order valence-corrected chi connectivity index (χ3v) is 4.92. The smallest absolute Gasteiger partial charge is 0.340 e. The Morgan fingerprint density at radius 1 is 1.19 bits per heavy atom. The molecule has 0 saturated carbocycles. The second kappa shape index (κ2) is 8.92. The molecule has 0 aliphatic heterocycles. The van der Waals surface area contributed by atoms with E-state index >= 15 is 0 Å². The second-order valence-electron chi connectivity index (χ2n) is 5.36. The van der Waals surface area contributed by atoms with E-state index in [2.05, 4.69) is 5.32 Å². The average molecular weight is 370 g/mol.